The standard InChI is InChI=1S/C23H26ClN5O/c1-17-22(26-27-29(17)20-12-7-10-19(24)14-20)23(30)25-15-21-11-5-6-13-28(21)16-18-8-3-2-4-9-18/h2-4,7-10,12,14,21H,5-6,11,13,15-16H2,1H3,(H,25,30). The second-order valence-corrected chi connectivity index (χ2v) is 8.17. The summed E-state index contributed by atoms with van der Waals surface area (Å²) in [5.74, 6) is -0.189. The molecule has 1 unspecified atom stereocenters. The first kappa shape index (κ1) is 20.6. The number of halogens is 1. The third-order valence-corrected chi connectivity index (χ3v) is 5.87. The van der Waals surface area contributed by atoms with Crippen LogP contribution in [0.4, 0.5) is 0 Å². The van der Waals surface area contributed by atoms with Crippen molar-refractivity contribution in [1.82, 2.24) is 25.2 Å². The normalized spacial score (nSPS) is 17.1. The molecule has 1 aliphatic rings. The fourth-order valence-corrected chi connectivity index (χ4v) is 4.19. The number of carbonyl (C=O) groups excluding carboxylic acids is 1. The molecule has 1 saturated heterocycles. The van der Waals surface area contributed by atoms with Gasteiger partial charge in [0.2, 0.25) is 0 Å². The van der Waals surface area contributed by atoms with Crippen LogP contribution < -0.4 is 5.32 Å². The minimum absolute atomic E-state index is 0.189. The second-order valence-electron chi connectivity index (χ2n) is 7.73. The number of benzene rings is 2. The van der Waals surface area contributed by atoms with Crippen molar-refractivity contribution >= 4 is 17.5 Å². The molecule has 0 saturated carbocycles. The first-order valence-corrected chi connectivity index (χ1v) is 10.7. The average Bonchev–Trinajstić information content (AvgIpc) is 3.15. The number of aromatic nitrogens is 3. The Kier molecular flexibility index (Phi) is 6.45. The van der Waals surface area contributed by atoms with Gasteiger partial charge >= 0.3 is 0 Å². The number of piperidine rings is 1. The van der Waals surface area contributed by atoms with Crippen LogP contribution >= 0.6 is 11.6 Å². The molecule has 2 aromatic carbocycles. The lowest BCUT2D eigenvalue weighted by Crippen LogP contribution is -2.46. The maximum atomic E-state index is 12.8. The number of hydrogen-bond acceptors (Lipinski definition) is 4. The van der Waals surface area contributed by atoms with Gasteiger partial charge in [0.15, 0.2) is 5.69 Å². The molecule has 0 radical (unpaired) electrons. The zero-order chi connectivity index (χ0) is 20.9. The highest BCUT2D eigenvalue weighted by molar-refractivity contribution is 6.30. The van der Waals surface area contributed by atoms with Gasteiger partial charge in [-0.15, -0.1) is 5.10 Å². The topological polar surface area (TPSA) is 63.1 Å². The number of carbonyl (C=O) groups is 1. The monoisotopic (exact) mass is 423 g/mol. The van der Waals surface area contributed by atoms with E-state index in [4.69, 9.17) is 11.6 Å². The van der Waals surface area contributed by atoms with Crippen molar-refractivity contribution in [2.45, 2.75) is 38.8 Å². The SMILES string of the molecule is Cc1c(C(=O)NCC2CCCCN2Cc2ccccc2)nnn1-c1cccc(Cl)c1. The summed E-state index contributed by atoms with van der Waals surface area (Å²) in [5.41, 5.74) is 3.13. The molecule has 1 aromatic heterocycles. The third kappa shape index (κ3) is 4.71. The minimum Gasteiger partial charge on any atom is -0.349 e. The summed E-state index contributed by atoms with van der Waals surface area (Å²) in [4.78, 5) is 15.3. The Morgan fingerprint density at radius 1 is 1.17 bits per heavy atom. The first-order valence-electron chi connectivity index (χ1n) is 10.4. The molecule has 1 atom stereocenters. The Balaban J connectivity index is 1.41. The molecule has 0 bridgehead atoms. The number of nitrogens with zero attached hydrogens (tertiary/aromatic N) is 4. The fraction of sp³-hybridized carbons (Fsp3) is 0.348. The number of nitrogens with one attached hydrogen (secondary N) is 1. The smallest absolute Gasteiger partial charge is 0.273 e. The molecule has 30 heavy (non-hydrogen) atoms. The summed E-state index contributed by atoms with van der Waals surface area (Å²) in [5, 5.41) is 12.0. The van der Waals surface area contributed by atoms with Gasteiger partial charge < -0.3 is 5.32 Å². The van der Waals surface area contributed by atoms with Crippen LogP contribution in [0.25, 0.3) is 5.69 Å². The molecule has 0 aliphatic carbocycles. The highest BCUT2D eigenvalue weighted by atomic mass is 35.5. The molecule has 6 nitrogen and oxygen atoms in total. The Labute approximate surface area is 181 Å². The average molecular weight is 424 g/mol. The Morgan fingerprint density at radius 3 is 2.80 bits per heavy atom. The van der Waals surface area contributed by atoms with Crippen molar-refractivity contribution in [2.24, 2.45) is 0 Å². The molecule has 1 aliphatic heterocycles. The van der Waals surface area contributed by atoms with Crippen molar-refractivity contribution in [3.05, 3.63) is 76.6 Å². The van der Waals surface area contributed by atoms with Gasteiger partial charge in [-0.25, -0.2) is 4.68 Å². The third-order valence-electron chi connectivity index (χ3n) is 5.64. The van der Waals surface area contributed by atoms with E-state index in [9.17, 15) is 4.79 Å². The fourth-order valence-electron chi connectivity index (χ4n) is 4.00. The van der Waals surface area contributed by atoms with E-state index < -0.39 is 0 Å². The van der Waals surface area contributed by atoms with Gasteiger partial charge in [0.1, 0.15) is 0 Å². The van der Waals surface area contributed by atoms with Gasteiger partial charge in [-0.05, 0) is 50.1 Å². The lowest BCUT2D eigenvalue weighted by Gasteiger charge is -2.35. The molecule has 7 heteroatoms. The number of rotatable bonds is 6. The predicted octanol–water partition coefficient (Wildman–Crippen LogP) is 4.01. The van der Waals surface area contributed by atoms with Gasteiger partial charge in [-0.3, -0.25) is 9.69 Å². The molecule has 2 heterocycles. The highest BCUT2D eigenvalue weighted by Gasteiger charge is 2.24. The van der Waals surface area contributed by atoms with E-state index in [1.165, 1.54) is 18.4 Å². The van der Waals surface area contributed by atoms with Crippen LogP contribution in [0.2, 0.25) is 5.02 Å². The van der Waals surface area contributed by atoms with Crippen LogP contribution in [0.5, 0.6) is 0 Å². The molecular weight excluding hydrogens is 398 g/mol. The minimum atomic E-state index is -0.189. The molecule has 156 valence electrons. The number of amides is 1. The van der Waals surface area contributed by atoms with Crippen molar-refractivity contribution < 1.29 is 4.79 Å². The van der Waals surface area contributed by atoms with Crippen molar-refractivity contribution in [2.75, 3.05) is 13.1 Å². The summed E-state index contributed by atoms with van der Waals surface area (Å²) in [6, 6.07) is 18.2. The Hall–Kier alpha value is -2.70. The van der Waals surface area contributed by atoms with Gasteiger partial charge in [-0.1, -0.05) is 59.6 Å². The maximum absolute atomic E-state index is 12.8. The van der Waals surface area contributed by atoms with Crippen LogP contribution in [0, 0.1) is 6.92 Å². The molecule has 4 rings (SSSR count). The molecule has 3 aromatic rings. The summed E-state index contributed by atoms with van der Waals surface area (Å²) < 4.78 is 1.64. The first-order chi connectivity index (χ1) is 14.6. The molecule has 1 N–H and O–H groups in total. The van der Waals surface area contributed by atoms with Crippen LogP contribution in [0.1, 0.15) is 41.0 Å². The molecular formula is C23H26ClN5O. The molecule has 0 spiro atoms. The van der Waals surface area contributed by atoms with Gasteiger partial charge in [0, 0.05) is 24.2 Å². The Morgan fingerprint density at radius 2 is 2.00 bits per heavy atom. The quantitative estimate of drug-likeness (QED) is 0.650. The summed E-state index contributed by atoms with van der Waals surface area (Å²) >= 11 is 6.08. The van der Waals surface area contributed by atoms with Crippen LogP contribution in [-0.4, -0.2) is 44.9 Å². The second kappa shape index (κ2) is 9.41. The lowest BCUT2D eigenvalue weighted by molar-refractivity contribution is 0.0902. The van der Waals surface area contributed by atoms with Gasteiger partial charge in [0.25, 0.3) is 5.91 Å². The van der Waals surface area contributed by atoms with Crippen LogP contribution in [-0.2, 0) is 6.54 Å². The van der Waals surface area contributed by atoms with E-state index in [1.54, 1.807) is 16.8 Å². The Bertz CT molecular complexity index is 1000. The van der Waals surface area contributed by atoms with E-state index in [0.29, 0.717) is 29.0 Å². The molecule has 1 fully saturated rings. The number of likely N-dealkylation sites (tertiary alicyclic amines) is 1. The summed E-state index contributed by atoms with van der Waals surface area (Å²) in [7, 11) is 0. The zero-order valence-corrected chi connectivity index (χ0v) is 17.8. The largest absolute Gasteiger partial charge is 0.349 e. The highest BCUT2D eigenvalue weighted by Crippen LogP contribution is 2.20. The molecule has 1 amide bonds. The zero-order valence-electron chi connectivity index (χ0n) is 17.1. The number of hydrogen-bond donors (Lipinski definition) is 1. The van der Waals surface area contributed by atoms with E-state index in [0.717, 1.165) is 25.2 Å². The van der Waals surface area contributed by atoms with E-state index in [1.807, 2.05) is 25.1 Å². The predicted molar refractivity (Wildman–Crippen MR) is 118 cm³/mol. The lowest BCUT2D eigenvalue weighted by atomic mass is 10.0. The van der Waals surface area contributed by atoms with Gasteiger partial charge in [0.05, 0.1) is 11.4 Å². The maximum Gasteiger partial charge on any atom is 0.273 e. The van der Waals surface area contributed by atoms with Crippen molar-refractivity contribution in [3.63, 3.8) is 0 Å². The summed E-state index contributed by atoms with van der Waals surface area (Å²) in [6.07, 6.45) is 3.47. The van der Waals surface area contributed by atoms with E-state index in [2.05, 4.69) is 44.8 Å². The van der Waals surface area contributed by atoms with E-state index in [-0.39, 0.29) is 5.91 Å². The van der Waals surface area contributed by atoms with E-state index >= 15 is 0 Å². The van der Waals surface area contributed by atoms with Crippen LogP contribution in [0.15, 0.2) is 54.6 Å². The van der Waals surface area contributed by atoms with Crippen LogP contribution in [0.3, 0.4) is 0 Å². The summed E-state index contributed by atoms with van der Waals surface area (Å²) in [6.45, 7) is 4.41. The van der Waals surface area contributed by atoms with Gasteiger partial charge in [-0.2, -0.15) is 0 Å². The van der Waals surface area contributed by atoms with Crippen molar-refractivity contribution in [3.8, 4) is 5.69 Å². The van der Waals surface area contributed by atoms with Crippen molar-refractivity contribution in [1.29, 1.82) is 0 Å².